The van der Waals surface area contributed by atoms with Gasteiger partial charge in [-0.15, -0.1) is 0 Å². The van der Waals surface area contributed by atoms with E-state index >= 15 is 0 Å². The second kappa shape index (κ2) is 3.24. The monoisotopic (exact) mass is 222 g/mol. The third-order valence-corrected chi connectivity index (χ3v) is 6.01. The first kappa shape index (κ1) is 10.6. The number of fused-ring (bicyclic) bond motifs is 2. The molecule has 0 heterocycles. The summed E-state index contributed by atoms with van der Waals surface area (Å²) in [5.41, 5.74) is -0.259. The fourth-order valence-corrected chi connectivity index (χ4v) is 5.19. The maximum atomic E-state index is 11.9. The number of hydrogen-bond donors (Lipinski definition) is 1. The van der Waals surface area contributed by atoms with Crippen molar-refractivity contribution >= 4 is 5.97 Å². The van der Waals surface area contributed by atoms with Gasteiger partial charge in [-0.3, -0.25) is 4.79 Å². The van der Waals surface area contributed by atoms with Crippen molar-refractivity contribution in [3.8, 4) is 0 Å². The third-order valence-electron chi connectivity index (χ3n) is 6.01. The minimum absolute atomic E-state index is 0.0959. The Hall–Kier alpha value is -0.530. The van der Waals surface area contributed by atoms with Gasteiger partial charge < -0.3 is 5.11 Å². The average molecular weight is 222 g/mol. The lowest BCUT2D eigenvalue weighted by molar-refractivity contribution is -0.164. The van der Waals surface area contributed by atoms with Gasteiger partial charge in [-0.05, 0) is 49.4 Å². The summed E-state index contributed by atoms with van der Waals surface area (Å²) >= 11 is 0. The highest BCUT2D eigenvalue weighted by Gasteiger charge is 2.64. The smallest absolute Gasteiger partial charge is 0.310 e. The number of carboxylic acid groups (broad SMARTS) is 1. The molecule has 3 aliphatic carbocycles. The van der Waals surface area contributed by atoms with E-state index in [1.807, 2.05) is 0 Å². The molecule has 16 heavy (non-hydrogen) atoms. The van der Waals surface area contributed by atoms with Crippen molar-refractivity contribution in [3.05, 3.63) is 0 Å². The van der Waals surface area contributed by atoms with E-state index in [1.54, 1.807) is 0 Å². The predicted octanol–water partition coefficient (Wildman–Crippen LogP) is 3.46. The van der Waals surface area contributed by atoms with Crippen LogP contribution in [0.3, 0.4) is 0 Å². The normalized spacial score (nSPS) is 45.1. The number of aliphatic carboxylic acids is 1. The van der Waals surface area contributed by atoms with E-state index in [1.165, 1.54) is 32.1 Å². The van der Waals surface area contributed by atoms with Gasteiger partial charge in [-0.1, -0.05) is 26.2 Å². The minimum Gasteiger partial charge on any atom is -0.481 e. The summed E-state index contributed by atoms with van der Waals surface area (Å²) in [4.78, 5) is 11.9. The minimum atomic E-state index is -0.482. The summed E-state index contributed by atoms with van der Waals surface area (Å²) in [6.07, 6.45) is 9.39. The second-order valence-corrected chi connectivity index (χ2v) is 6.62. The van der Waals surface area contributed by atoms with Crippen LogP contribution < -0.4 is 0 Å². The zero-order valence-corrected chi connectivity index (χ0v) is 10.2. The molecule has 0 aromatic rings. The van der Waals surface area contributed by atoms with E-state index in [0.29, 0.717) is 5.92 Å². The maximum Gasteiger partial charge on any atom is 0.310 e. The first-order valence-corrected chi connectivity index (χ1v) is 6.82. The molecule has 0 radical (unpaired) electrons. The molecule has 3 saturated carbocycles. The molecule has 0 aliphatic heterocycles. The number of rotatable bonds is 2. The van der Waals surface area contributed by atoms with E-state index < -0.39 is 5.97 Å². The van der Waals surface area contributed by atoms with Crippen molar-refractivity contribution in [2.75, 3.05) is 0 Å². The highest BCUT2D eigenvalue weighted by Crippen LogP contribution is 2.67. The SMILES string of the molecule is CC1(C2(C(=O)O)CC3CCC2C3)CCCC1. The zero-order valence-electron chi connectivity index (χ0n) is 10.2. The van der Waals surface area contributed by atoms with Crippen molar-refractivity contribution in [1.29, 1.82) is 0 Å². The summed E-state index contributed by atoms with van der Waals surface area (Å²) in [6, 6.07) is 0. The molecule has 0 spiro atoms. The summed E-state index contributed by atoms with van der Waals surface area (Å²) in [5, 5.41) is 9.81. The topological polar surface area (TPSA) is 37.3 Å². The van der Waals surface area contributed by atoms with Crippen LogP contribution in [0.15, 0.2) is 0 Å². The maximum absolute atomic E-state index is 11.9. The number of carbonyl (C=O) groups is 1. The molecule has 0 aromatic heterocycles. The summed E-state index contributed by atoms with van der Waals surface area (Å²) in [5.74, 6) is 0.723. The molecule has 2 heteroatoms. The Morgan fingerprint density at radius 2 is 1.94 bits per heavy atom. The summed E-state index contributed by atoms with van der Waals surface area (Å²) < 4.78 is 0. The van der Waals surface area contributed by atoms with Gasteiger partial charge >= 0.3 is 5.97 Å². The van der Waals surface area contributed by atoms with Crippen LogP contribution >= 0.6 is 0 Å². The molecular formula is C14H22O2. The van der Waals surface area contributed by atoms with E-state index in [-0.39, 0.29) is 10.8 Å². The van der Waals surface area contributed by atoms with Crippen LogP contribution in [0.5, 0.6) is 0 Å². The fourth-order valence-electron chi connectivity index (χ4n) is 5.19. The first-order valence-electron chi connectivity index (χ1n) is 6.82. The molecular weight excluding hydrogens is 200 g/mol. The quantitative estimate of drug-likeness (QED) is 0.777. The largest absolute Gasteiger partial charge is 0.481 e. The lowest BCUT2D eigenvalue weighted by Gasteiger charge is -2.46. The van der Waals surface area contributed by atoms with Crippen LogP contribution in [0.1, 0.15) is 58.3 Å². The van der Waals surface area contributed by atoms with Gasteiger partial charge in [0.2, 0.25) is 0 Å². The van der Waals surface area contributed by atoms with Crippen LogP contribution in [0, 0.1) is 22.7 Å². The van der Waals surface area contributed by atoms with Crippen LogP contribution in [0.25, 0.3) is 0 Å². The molecule has 3 aliphatic rings. The van der Waals surface area contributed by atoms with E-state index in [9.17, 15) is 9.90 Å². The predicted molar refractivity (Wildman–Crippen MR) is 62.1 cm³/mol. The van der Waals surface area contributed by atoms with Crippen molar-refractivity contribution in [2.24, 2.45) is 22.7 Å². The van der Waals surface area contributed by atoms with E-state index in [0.717, 1.165) is 25.2 Å². The second-order valence-electron chi connectivity index (χ2n) is 6.62. The molecule has 3 atom stereocenters. The molecule has 2 nitrogen and oxygen atoms in total. The van der Waals surface area contributed by atoms with Crippen LogP contribution in [0.4, 0.5) is 0 Å². The molecule has 90 valence electrons. The Kier molecular flexibility index (Phi) is 2.15. The van der Waals surface area contributed by atoms with Gasteiger partial charge in [0.15, 0.2) is 0 Å². The Balaban J connectivity index is 2.00. The Labute approximate surface area is 97.4 Å². The molecule has 3 rings (SSSR count). The Bertz CT molecular complexity index is 317. The highest BCUT2D eigenvalue weighted by molar-refractivity contribution is 5.77. The Morgan fingerprint density at radius 3 is 2.38 bits per heavy atom. The lowest BCUT2D eigenvalue weighted by Crippen LogP contribution is -2.48. The van der Waals surface area contributed by atoms with Gasteiger partial charge in [0.05, 0.1) is 5.41 Å². The number of carboxylic acids is 1. The van der Waals surface area contributed by atoms with Crippen molar-refractivity contribution in [3.63, 3.8) is 0 Å². The lowest BCUT2D eigenvalue weighted by atomic mass is 9.56. The summed E-state index contributed by atoms with van der Waals surface area (Å²) in [7, 11) is 0. The first-order chi connectivity index (χ1) is 7.58. The molecule has 0 saturated heterocycles. The average Bonchev–Trinajstić information content (AvgIpc) is 2.91. The van der Waals surface area contributed by atoms with Gasteiger partial charge in [-0.25, -0.2) is 0 Å². The van der Waals surface area contributed by atoms with Gasteiger partial charge in [0, 0.05) is 0 Å². The van der Waals surface area contributed by atoms with Crippen molar-refractivity contribution in [1.82, 2.24) is 0 Å². The van der Waals surface area contributed by atoms with E-state index in [2.05, 4.69) is 6.92 Å². The highest BCUT2D eigenvalue weighted by atomic mass is 16.4. The molecule has 3 fully saturated rings. The van der Waals surface area contributed by atoms with Gasteiger partial charge in [0.25, 0.3) is 0 Å². The van der Waals surface area contributed by atoms with Gasteiger partial charge in [-0.2, -0.15) is 0 Å². The molecule has 3 unspecified atom stereocenters. The Morgan fingerprint density at radius 1 is 1.25 bits per heavy atom. The molecule has 0 aromatic carbocycles. The zero-order chi connectivity index (χ0) is 11.4. The standard InChI is InChI=1S/C14H22O2/c1-13(6-2-3-7-13)14(12(15)16)9-10-4-5-11(14)8-10/h10-11H,2-9H2,1H3,(H,15,16). The van der Waals surface area contributed by atoms with Gasteiger partial charge in [0.1, 0.15) is 0 Å². The van der Waals surface area contributed by atoms with E-state index in [4.69, 9.17) is 0 Å². The molecule has 1 N–H and O–H groups in total. The van der Waals surface area contributed by atoms with Crippen molar-refractivity contribution in [2.45, 2.75) is 58.3 Å². The van der Waals surface area contributed by atoms with Crippen LogP contribution in [-0.4, -0.2) is 11.1 Å². The summed E-state index contributed by atoms with van der Waals surface area (Å²) in [6.45, 7) is 2.26. The molecule has 0 amide bonds. The van der Waals surface area contributed by atoms with Crippen LogP contribution in [0.2, 0.25) is 0 Å². The number of hydrogen-bond acceptors (Lipinski definition) is 1. The third kappa shape index (κ3) is 1.11. The van der Waals surface area contributed by atoms with Crippen LogP contribution in [-0.2, 0) is 4.79 Å². The van der Waals surface area contributed by atoms with Crippen molar-refractivity contribution < 1.29 is 9.90 Å². The fraction of sp³-hybridized carbons (Fsp3) is 0.929. The molecule has 2 bridgehead atoms.